The van der Waals surface area contributed by atoms with Gasteiger partial charge in [0.15, 0.2) is 0 Å². The van der Waals surface area contributed by atoms with E-state index in [2.05, 4.69) is 60.5 Å². The molecule has 172 valence electrons. The van der Waals surface area contributed by atoms with Gasteiger partial charge in [0.1, 0.15) is 9.88 Å². The van der Waals surface area contributed by atoms with E-state index in [4.69, 9.17) is 0 Å². The van der Waals surface area contributed by atoms with Crippen LogP contribution >= 0.6 is 11.3 Å². The summed E-state index contributed by atoms with van der Waals surface area (Å²) >= 11 is 1.47. The van der Waals surface area contributed by atoms with Crippen LogP contribution < -0.4 is 5.32 Å². The van der Waals surface area contributed by atoms with Crippen molar-refractivity contribution in [2.24, 2.45) is 5.92 Å². The molecule has 1 aliphatic rings. The van der Waals surface area contributed by atoms with Gasteiger partial charge in [-0.2, -0.15) is 0 Å². The van der Waals surface area contributed by atoms with Crippen molar-refractivity contribution in [3.63, 3.8) is 0 Å². The van der Waals surface area contributed by atoms with Gasteiger partial charge >= 0.3 is 0 Å². The second kappa shape index (κ2) is 10.3. The van der Waals surface area contributed by atoms with Crippen molar-refractivity contribution in [2.75, 3.05) is 13.1 Å². The molecule has 5 nitrogen and oxygen atoms in total. The van der Waals surface area contributed by atoms with Crippen LogP contribution in [0.2, 0.25) is 0 Å². The largest absolute Gasteiger partial charge is 0.352 e. The maximum atomic E-state index is 13.2. The van der Waals surface area contributed by atoms with Crippen molar-refractivity contribution in [3.8, 4) is 10.6 Å². The molecule has 1 saturated heterocycles. The molecule has 0 radical (unpaired) electrons. The Morgan fingerprint density at radius 2 is 1.76 bits per heavy atom. The SMILES string of the molecule is Cc1ccc(-c2nc(C)c(C(=O)N3CCC(CC(=O)NCc4cccc(C)c4)CC3)s2)cc1. The van der Waals surface area contributed by atoms with Crippen molar-refractivity contribution in [2.45, 2.75) is 46.6 Å². The van der Waals surface area contributed by atoms with Gasteiger partial charge in [-0.25, -0.2) is 4.98 Å². The van der Waals surface area contributed by atoms with Crippen LogP contribution in [-0.2, 0) is 11.3 Å². The fourth-order valence-corrected chi connectivity index (χ4v) is 5.29. The number of rotatable bonds is 6. The zero-order valence-electron chi connectivity index (χ0n) is 19.6. The number of carbonyl (C=O) groups is 2. The van der Waals surface area contributed by atoms with Gasteiger partial charge in [0.25, 0.3) is 5.91 Å². The summed E-state index contributed by atoms with van der Waals surface area (Å²) < 4.78 is 0. The van der Waals surface area contributed by atoms with E-state index in [-0.39, 0.29) is 11.8 Å². The molecule has 1 fully saturated rings. The number of hydrogen-bond acceptors (Lipinski definition) is 4. The highest BCUT2D eigenvalue weighted by molar-refractivity contribution is 7.17. The number of nitrogens with one attached hydrogen (secondary N) is 1. The van der Waals surface area contributed by atoms with Gasteiger partial charge in [-0.15, -0.1) is 11.3 Å². The molecule has 1 N–H and O–H groups in total. The van der Waals surface area contributed by atoms with Crippen molar-refractivity contribution < 1.29 is 9.59 Å². The molecule has 0 saturated carbocycles. The Morgan fingerprint density at radius 3 is 2.45 bits per heavy atom. The highest BCUT2D eigenvalue weighted by atomic mass is 32.1. The van der Waals surface area contributed by atoms with E-state index in [9.17, 15) is 9.59 Å². The normalized spacial score (nSPS) is 14.3. The molecule has 0 spiro atoms. The number of thiazole rings is 1. The standard InChI is InChI=1S/C27H31N3O2S/c1-18-7-9-23(10-8-18)26-29-20(3)25(33-26)27(32)30-13-11-21(12-14-30)16-24(31)28-17-22-6-4-5-19(2)15-22/h4-10,15,21H,11-14,16-17H2,1-3H3,(H,28,31). The van der Waals surface area contributed by atoms with E-state index >= 15 is 0 Å². The van der Waals surface area contributed by atoms with E-state index in [1.807, 2.05) is 24.0 Å². The molecular weight excluding hydrogens is 430 g/mol. The average molecular weight is 462 g/mol. The van der Waals surface area contributed by atoms with Gasteiger partial charge in [-0.05, 0) is 45.1 Å². The van der Waals surface area contributed by atoms with Crippen LogP contribution in [-0.4, -0.2) is 34.8 Å². The molecular formula is C27H31N3O2S. The molecule has 2 amide bonds. The molecule has 2 aromatic carbocycles. The Balaban J connectivity index is 1.28. The number of hydrogen-bond donors (Lipinski definition) is 1. The van der Waals surface area contributed by atoms with Gasteiger partial charge in [0.05, 0.1) is 5.69 Å². The molecule has 0 aliphatic carbocycles. The summed E-state index contributed by atoms with van der Waals surface area (Å²) in [7, 11) is 0. The van der Waals surface area contributed by atoms with Gasteiger partial charge < -0.3 is 10.2 Å². The van der Waals surface area contributed by atoms with Crippen LogP contribution in [0.5, 0.6) is 0 Å². The quantitative estimate of drug-likeness (QED) is 0.542. The summed E-state index contributed by atoms with van der Waals surface area (Å²) in [5, 5.41) is 3.92. The third-order valence-corrected chi connectivity index (χ3v) is 7.43. The second-order valence-corrected chi connectivity index (χ2v) is 10.0. The predicted octanol–water partition coefficient (Wildman–Crippen LogP) is 5.29. The monoisotopic (exact) mass is 461 g/mol. The number of nitrogens with zero attached hydrogens (tertiary/aromatic N) is 2. The van der Waals surface area contributed by atoms with E-state index in [1.165, 1.54) is 22.5 Å². The van der Waals surface area contributed by atoms with E-state index in [0.29, 0.717) is 32.0 Å². The highest BCUT2D eigenvalue weighted by Gasteiger charge is 2.27. The first-order chi connectivity index (χ1) is 15.9. The molecule has 0 unspecified atom stereocenters. The topological polar surface area (TPSA) is 62.3 Å². The molecule has 1 aliphatic heterocycles. The summed E-state index contributed by atoms with van der Waals surface area (Å²) in [6.45, 7) is 7.96. The van der Waals surface area contributed by atoms with Crippen LogP contribution in [0.25, 0.3) is 10.6 Å². The zero-order chi connectivity index (χ0) is 23.4. The molecule has 4 rings (SSSR count). The Bertz CT molecular complexity index is 1130. The summed E-state index contributed by atoms with van der Waals surface area (Å²) in [6, 6.07) is 16.4. The number of carbonyl (C=O) groups excluding carboxylic acids is 2. The first kappa shape index (κ1) is 23.2. The number of likely N-dealkylation sites (tertiary alicyclic amines) is 1. The lowest BCUT2D eigenvalue weighted by molar-refractivity contribution is -0.122. The fraction of sp³-hybridized carbons (Fsp3) is 0.370. The molecule has 1 aromatic heterocycles. The van der Waals surface area contributed by atoms with E-state index < -0.39 is 0 Å². The number of piperidine rings is 1. The van der Waals surface area contributed by atoms with E-state index in [0.717, 1.165) is 39.5 Å². The molecule has 0 bridgehead atoms. The lowest BCUT2D eigenvalue weighted by Crippen LogP contribution is -2.39. The molecule has 6 heteroatoms. The van der Waals surface area contributed by atoms with Crippen LogP contribution in [0.4, 0.5) is 0 Å². The maximum Gasteiger partial charge on any atom is 0.265 e. The summed E-state index contributed by atoms with van der Waals surface area (Å²) in [6.07, 6.45) is 2.23. The van der Waals surface area contributed by atoms with Crippen molar-refractivity contribution in [1.82, 2.24) is 15.2 Å². The predicted molar refractivity (Wildman–Crippen MR) is 133 cm³/mol. The van der Waals surface area contributed by atoms with Crippen molar-refractivity contribution >= 4 is 23.2 Å². The number of aromatic nitrogens is 1. The first-order valence-corrected chi connectivity index (χ1v) is 12.4. The number of aryl methyl sites for hydroxylation is 3. The molecule has 0 atom stereocenters. The van der Waals surface area contributed by atoms with E-state index in [1.54, 1.807) is 0 Å². The summed E-state index contributed by atoms with van der Waals surface area (Å²) in [5.74, 6) is 0.463. The minimum atomic E-state index is 0.0608. The van der Waals surface area contributed by atoms with Gasteiger partial charge in [0.2, 0.25) is 5.91 Å². The Kier molecular flexibility index (Phi) is 7.23. The van der Waals surface area contributed by atoms with Gasteiger partial charge in [0, 0.05) is 31.6 Å². The average Bonchev–Trinajstić information content (AvgIpc) is 3.20. The molecule has 33 heavy (non-hydrogen) atoms. The third kappa shape index (κ3) is 5.88. The Hall–Kier alpha value is -2.99. The third-order valence-electron chi connectivity index (χ3n) is 6.24. The second-order valence-electron chi connectivity index (χ2n) is 9.01. The lowest BCUT2D eigenvalue weighted by atomic mass is 9.93. The number of benzene rings is 2. The minimum absolute atomic E-state index is 0.0608. The first-order valence-electron chi connectivity index (χ1n) is 11.5. The smallest absolute Gasteiger partial charge is 0.265 e. The van der Waals surface area contributed by atoms with Crippen molar-refractivity contribution in [1.29, 1.82) is 0 Å². The van der Waals surface area contributed by atoms with Crippen molar-refractivity contribution in [3.05, 3.63) is 75.8 Å². The maximum absolute atomic E-state index is 13.2. The molecule has 2 heterocycles. The van der Waals surface area contributed by atoms with Crippen LogP contribution in [0, 0.1) is 26.7 Å². The van der Waals surface area contributed by atoms with Gasteiger partial charge in [-0.1, -0.05) is 59.7 Å². The minimum Gasteiger partial charge on any atom is -0.352 e. The lowest BCUT2D eigenvalue weighted by Gasteiger charge is -2.31. The van der Waals surface area contributed by atoms with Gasteiger partial charge in [-0.3, -0.25) is 9.59 Å². The summed E-state index contributed by atoms with van der Waals surface area (Å²) in [5.41, 5.74) is 5.35. The Morgan fingerprint density at radius 1 is 1.03 bits per heavy atom. The highest BCUT2D eigenvalue weighted by Crippen LogP contribution is 2.30. The summed E-state index contributed by atoms with van der Waals surface area (Å²) in [4.78, 5) is 32.9. The van der Waals surface area contributed by atoms with Crippen LogP contribution in [0.1, 0.15) is 51.3 Å². The zero-order valence-corrected chi connectivity index (χ0v) is 20.4. The van der Waals surface area contributed by atoms with Crippen LogP contribution in [0.3, 0.4) is 0 Å². The molecule has 3 aromatic rings. The fourth-order valence-electron chi connectivity index (χ4n) is 4.26. The van der Waals surface area contributed by atoms with Crippen LogP contribution in [0.15, 0.2) is 48.5 Å². The number of amides is 2. The Labute approximate surface area is 199 Å².